The van der Waals surface area contributed by atoms with Gasteiger partial charge < -0.3 is 10.0 Å². The predicted octanol–water partition coefficient (Wildman–Crippen LogP) is 3.76. The molecule has 2 unspecified atom stereocenters. The van der Waals surface area contributed by atoms with E-state index in [1.165, 1.54) is 6.07 Å². The molecule has 128 valence electrons. The second kappa shape index (κ2) is 5.74. The molecule has 0 spiro atoms. The summed E-state index contributed by atoms with van der Waals surface area (Å²) in [5.41, 5.74) is -1.93. The number of nitrogens with zero attached hydrogens (tertiary/aromatic N) is 1. The monoisotopic (exact) mass is 331 g/mol. The van der Waals surface area contributed by atoms with Crippen LogP contribution in [-0.2, 0) is 12.6 Å². The third kappa shape index (κ3) is 3.38. The minimum atomic E-state index is -4.72. The highest BCUT2D eigenvalue weighted by molar-refractivity contribution is 5.28. The lowest BCUT2D eigenvalue weighted by Gasteiger charge is -2.50. The Labute approximate surface area is 133 Å². The number of benzene rings is 1. The van der Waals surface area contributed by atoms with Gasteiger partial charge in [-0.1, -0.05) is 12.5 Å². The normalized spacial score (nSPS) is 32.1. The first-order valence-corrected chi connectivity index (χ1v) is 7.98. The third-order valence-corrected chi connectivity index (χ3v) is 5.33. The van der Waals surface area contributed by atoms with Gasteiger partial charge in [0.1, 0.15) is 5.82 Å². The first kappa shape index (κ1) is 16.7. The number of aliphatic hydroxyl groups is 1. The highest BCUT2D eigenvalue weighted by Crippen LogP contribution is 2.40. The van der Waals surface area contributed by atoms with E-state index in [-0.39, 0.29) is 18.5 Å². The number of rotatable bonds is 2. The molecule has 2 heterocycles. The molecule has 23 heavy (non-hydrogen) atoms. The number of halogens is 4. The van der Waals surface area contributed by atoms with Crippen molar-refractivity contribution in [1.82, 2.24) is 4.90 Å². The van der Waals surface area contributed by atoms with Gasteiger partial charge in [-0.25, -0.2) is 4.39 Å². The summed E-state index contributed by atoms with van der Waals surface area (Å²) in [5, 5.41) is 10.9. The van der Waals surface area contributed by atoms with Crippen molar-refractivity contribution in [2.45, 2.75) is 62.4 Å². The molecule has 1 aromatic carbocycles. The summed E-state index contributed by atoms with van der Waals surface area (Å²) >= 11 is 0. The van der Waals surface area contributed by atoms with Gasteiger partial charge in [0.05, 0.1) is 11.2 Å². The smallest absolute Gasteiger partial charge is 0.389 e. The van der Waals surface area contributed by atoms with Crippen molar-refractivity contribution in [2.75, 3.05) is 7.05 Å². The van der Waals surface area contributed by atoms with Crippen LogP contribution in [0.1, 0.15) is 43.2 Å². The first-order chi connectivity index (χ1) is 10.7. The Hall–Kier alpha value is -1.14. The van der Waals surface area contributed by atoms with Crippen LogP contribution in [0.4, 0.5) is 17.6 Å². The van der Waals surface area contributed by atoms with Crippen molar-refractivity contribution >= 4 is 0 Å². The molecule has 2 fully saturated rings. The molecule has 6 heteroatoms. The van der Waals surface area contributed by atoms with E-state index >= 15 is 0 Å². The Morgan fingerprint density at radius 2 is 1.83 bits per heavy atom. The lowest BCUT2D eigenvalue weighted by atomic mass is 9.73. The second-order valence-electron chi connectivity index (χ2n) is 7.03. The Kier molecular flexibility index (Phi) is 4.17. The minimum absolute atomic E-state index is 0.136. The predicted molar refractivity (Wildman–Crippen MR) is 78.5 cm³/mol. The van der Waals surface area contributed by atoms with Gasteiger partial charge in [-0.15, -0.1) is 0 Å². The van der Waals surface area contributed by atoms with E-state index in [0.29, 0.717) is 18.4 Å². The second-order valence-corrected chi connectivity index (χ2v) is 7.03. The molecule has 2 aliphatic heterocycles. The van der Waals surface area contributed by atoms with Crippen LogP contribution in [0.3, 0.4) is 0 Å². The van der Waals surface area contributed by atoms with Crippen LogP contribution >= 0.6 is 0 Å². The number of alkyl halides is 3. The van der Waals surface area contributed by atoms with Gasteiger partial charge in [0.15, 0.2) is 0 Å². The molecule has 0 radical (unpaired) electrons. The molecule has 0 saturated carbocycles. The van der Waals surface area contributed by atoms with Crippen LogP contribution in [0.15, 0.2) is 18.2 Å². The molecule has 2 aliphatic rings. The molecule has 2 nitrogen and oxygen atoms in total. The number of hydrogen-bond donors (Lipinski definition) is 1. The Balaban J connectivity index is 1.82. The topological polar surface area (TPSA) is 23.5 Å². The van der Waals surface area contributed by atoms with E-state index in [1.54, 1.807) is 0 Å². The molecule has 1 N–H and O–H groups in total. The van der Waals surface area contributed by atoms with Crippen LogP contribution in [0.5, 0.6) is 0 Å². The van der Waals surface area contributed by atoms with Gasteiger partial charge in [-0.3, -0.25) is 0 Å². The molecule has 2 atom stereocenters. The molecule has 1 aromatic rings. The first-order valence-electron chi connectivity index (χ1n) is 7.98. The van der Waals surface area contributed by atoms with E-state index in [4.69, 9.17) is 0 Å². The summed E-state index contributed by atoms with van der Waals surface area (Å²) < 4.78 is 51.9. The number of piperidine rings is 2. The maximum atomic E-state index is 13.4. The third-order valence-electron chi connectivity index (χ3n) is 5.33. The van der Waals surface area contributed by atoms with Crippen LogP contribution in [-0.4, -0.2) is 34.7 Å². The quantitative estimate of drug-likeness (QED) is 0.834. The zero-order valence-electron chi connectivity index (χ0n) is 13.0. The Morgan fingerprint density at radius 1 is 1.22 bits per heavy atom. The summed E-state index contributed by atoms with van der Waals surface area (Å²) in [4.78, 5) is 2.28. The Morgan fingerprint density at radius 3 is 2.39 bits per heavy atom. The van der Waals surface area contributed by atoms with E-state index in [0.717, 1.165) is 31.4 Å². The van der Waals surface area contributed by atoms with Gasteiger partial charge in [-0.2, -0.15) is 13.2 Å². The largest absolute Gasteiger partial charge is 0.419 e. The van der Waals surface area contributed by atoms with E-state index < -0.39 is 23.2 Å². The molecule has 0 aliphatic carbocycles. The SMILES string of the molecule is CN1C2CCCC1CC(O)(Cc1ccc(F)c(C(F)(F)F)c1)C2. The van der Waals surface area contributed by atoms with E-state index in [9.17, 15) is 22.7 Å². The van der Waals surface area contributed by atoms with Crippen molar-refractivity contribution in [3.05, 3.63) is 35.1 Å². The summed E-state index contributed by atoms with van der Waals surface area (Å²) in [5.74, 6) is -1.27. The summed E-state index contributed by atoms with van der Waals surface area (Å²) in [6.45, 7) is 0. The van der Waals surface area contributed by atoms with Crippen LogP contribution in [0.2, 0.25) is 0 Å². The molecular formula is C17H21F4NO. The van der Waals surface area contributed by atoms with Crippen LogP contribution < -0.4 is 0 Å². The average Bonchev–Trinajstić information content (AvgIpc) is 2.42. The fourth-order valence-electron chi connectivity index (χ4n) is 4.17. The van der Waals surface area contributed by atoms with E-state index in [1.807, 2.05) is 7.05 Å². The molecule has 3 rings (SSSR count). The lowest BCUT2D eigenvalue weighted by molar-refractivity contribution is -0.140. The van der Waals surface area contributed by atoms with Crippen molar-refractivity contribution in [2.24, 2.45) is 0 Å². The van der Waals surface area contributed by atoms with Crippen LogP contribution in [0, 0.1) is 5.82 Å². The van der Waals surface area contributed by atoms with Gasteiger partial charge in [0.2, 0.25) is 0 Å². The van der Waals surface area contributed by atoms with Gasteiger partial charge in [-0.05, 0) is 50.4 Å². The summed E-state index contributed by atoms with van der Waals surface area (Å²) in [6, 6.07) is 3.57. The van der Waals surface area contributed by atoms with Crippen molar-refractivity contribution in [3.63, 3.8) is 0 Å². The fraction of sp³-hybridized carbons (Fsp3) is 0.647. The standard InChI is InChI=1S/C17H21F4NO/c1-22-12-3-2-4-13(22)10-16(23,9-12)8-11-5-6-15(18)14(7-11)17(19,20)21/h5-7,12-13,23H,2-4,8-10H2,1H3. The number of fused-ring (bicyclic) bond motifs is 2. The summed E-state index contributed by atoms with van der Waals surface area (Å²) in [7, 11) is 2.05. The van der Waals surface area contributed by atoms with Crippen molar-refractivity contribution in [3.8, 4) is 0 Å². The highest BCUT2D eigenvalue weighted by atomic mass is 19.4. The minimum Gasteiger partial charge on any atom is -0.389 e. The number of hydrogen-bond acceptors (Lipinski definition) is 2. The zero-order valence-corrected chi connectivity index (χ0v) is 13.0. The molecule has 0 aromatic heterocycles. The van der Waals surface area contributed by atoms with Crippen molar-refractivity contribution in [1.29, 1.82) is 0 Å². The lowest BCUT2D eigenvalue weighted by Crippen LogP contribution is -2.57. The van der Waals surface area contributed by atoms with Gasteiger partial charge in [0.25, 0.3) is 0 Å². The van der Waals surface area contributed by atoms with Gasteiger partial charge in [0, 0.05) is 18.5 Å². The average molecular weight is 331 g/mol. The molecule has 2 bridgehead atoms. The van der Waals surface area contributed by atoms with Crippen LogP contribution in [0.25, 0.3) is 0 Å². The zero-order chi connectivity index (χ0) is 16.8. The molecule has 0 amide bonds. The van der Waals surface area contributed by atoms with E-state index in [2.05, 4.69) is 4.90 Å². The summed E-state index contributed by atoms with van der Waals surface area (Å²) in [6.07, 6.45) is -0.329. The van der Waals surface area contributed by atoms with Crippen molar-refractivity contribution < 1.29 is 22.7 Å². The molecular weight excluding hydrogens is 310 g/mol. The maximum absolute atomic E-state index is 13.4. The highest BCUT2D eigenvalue weighted by Gasteiger charge is 2.44. The fourth-order valence-corrected chi connectivity index (χ4v) is 4.17. The van der Waals surface area contributed by atoms with Gasteiger partial charge >= 0.3 is 6.18 Å². The Bertz CT molecular complexity index is 572. The molecule has 2 saturated heterocycles. The maximum Gasteiger partial charge on any atom is 0.419 e.